The summed E-state index contributed by atoms with van der Waals surface area (Å²) in [7, 11) is 1.56. The third-order valence-corrected chi connectivity index (χ3v) is 5.74. The van der Waals surface area contributed by atoms with Crippen molar-refractivity contribution in [1.29, 1.82) is 0 Å². The second-order valence-electron chi connectivity index (χ2n) is 7.05. The van der Waals surface area contributed by atoms with Crippen molar-refractivity contribution in [3.05, 3.63) is 53.2 Å². The molecule has 0 unspecified atom stereocenters. The first-order chi connectivity index (χ1) is 15.1. The maximum atomic E-state index is 12.9. The van der Waals surface area contributed by atoms with Gasteiger partial charge in [-0.05, 0) is 49.6 Å². The smallest absolute Gasteiger partial charge is 0.275 e. The first-order valence-corrected chi connectivity index (χ1v) is 11.0. The van der Waals surface area contributed by atoms with E-state index in [0.717, 1.165) is 42.2 Å². The number of anilines is 2. The summed E-state index contributed by atoms with van der Waals surface area (Å²) in [6.45, 7) is 1.32. The fraction of sp³-hybridized carbons (Fsp3) is 0.273. The number of pyridine rings is 1. The van der Waals surface area contributed by atoms with E-state index in [1.807, 2.05) is 12.1 Å². The number of ether oxygens (including phenoxy) is 1. The van der Waals surface area contributed by atoms with Gasteiger partial charge in [0.2, 0.25) is 0 Å². The molecule has 2 amide bonds. The van der Waals surface area contributed by atoms with Crippen molar-refractivity contribution in [1.82, 2.24) is 15.3 Å². The Bertz CT molecular complexity index is 1100. The summed E-state index contributed by atoms with van der Waals surface area (Å²) >= 11 is 1.39. The molecule has 0 fully saturated rings. The summed E-state index contributed by atoms with van der Waals surface area (Å²) < 4.78 is 5.91. The van der Waals surface area contributed by atoms with Crippen molar-refractivity contribution in [2.75, 3.05) is 30.8 Å². The minimum absolute atomic E-state index is 0.239. The fourth-order valence-corrected chi connectivity index (χ4v) is 4.00. The van der Waals surface area contributed by atoms with Gasteiger partial charge in [0.15, 0.2) is 0 Å². The third kappa shape index (κ3) is 5.00. The second-order valence-corrected chi connectivity index (χ2v) is 7.91. The first-order valence-electron chi connectivity index (χ1n) is 10.1. The van der Waals surface area contributed by atoms with Crippen molar-refractivity contribution < 1.29 is 14.3 Å². The maximum Gasteiger partial charge on any atom is 0.275 e. The molecule has 160 valence electrons. The highest BCUT2D eigenvalue weighted by atomic mass is 32.1. The zero-order valence-corrected chi connectivity index (χ0v) is 17.9. The van der Waals surface area contributed by atoms with E-state index in [0.29, 0.717) is 29.3 Å². The maximum absolute atomic E-state index is 12.9. The number of rotatable bonds is 1. The molecule has 2 aromatic heterocycles. The van der Waals surface area contributed by atoms with E-state index in [-0.39, 0.29) is 11.8 Å². The van der Waals surface area contributed by atoms with Gasteiger partial charge < -0.3 is 20.7 Å². The molecule has 1 aliphatic rings. The van der Waals surface area contributed by atoms with Crippen LogP contribution in [-0.2, 0) is 0 Å². The van der Waals surface area contributed by atoms with Gasteiger partial charge in [-0.2, -0.15) is 0 Å². The van der Waals surface area contributed by atoms with E-state index in [4.69, 9.17) is 4.74 Å². The number of nitrogens with zero attached hydrogens (tertiary/aromatic N) is 2. The van der Waals surface area contributed by atoms with Crippen molar-refractivity contribution in [3.63, 3.8) is 0 Å². The first kappa shape index (κ1) is 20.8. The van der Waals surface area contributed by atoms with E-state index >= 15 is 0 Å². The molecule has 31 heavy (non-hydrogen) atoms. The van der Waals surface area contributed by atoms with Gasteiger partial charge in [0.05, 0.1) is 12.3 Å². The van der Waals surface area contributed by atoms with Gasteiger partial charge in [-0.3, -0.25) is 9.59 Å². The molecule has 1 aromatic carbocycles. The fourth-order valence-electron chi connectivity index (χ4n) is 3.20. The van der Waals surface area contributed by atoms with Crippen molar-refractivity contribution in [3.8, 4) is 16.3 Å². The molecule has 3 heterocycles. The highest BCUT2D eigenvalue weighted by molar-refractivity contribution is 7.13. The predicted molar refractivity (Wildman–Crippen MR) is 121 cm³/mol. The van der Waals surface area contributed by atoms with E-state index in [2.05, 4.69) is 25.9 Å². The van der Waals surface area contributed by atoms with Crippen LogP contribution in [0, 0.1) is 0 Å². The van der Waals surface area contributed by atoms with Crippen LogP contribution in [0.4, 0.5) is 11.5 Å². The quantitative estimate of drug-likeness (QED) is 0.535. The van der Waals surface area contributed by atoms with Gasteiger partial charge in [-0.1, -0.05) is 0 Å². The molecule has 0 spiro atoms. The lowest BCUT2D eigenvalue weighted by Crippen LogP contribution is -2.19. The summed E-state index contributed by atoms with van der Waals surface area (Å²) in [6.07, 6.45) is 4.57. The Hall–Kier alpha value is -3.46. The van der Waals surface area contributed by atoms with E-state index < -0.39 is 0 Å². The largest absolute Gasteiger partial charge is 0.491 e. The molecular formula is C22H23N5O3S. The number of aromatic nitrogens is 2. The Balaban J connectivity index is 1.66. The average Bonchev–Trinajstić information content (AvgIpc) is 3.29. The number of carbonyl (C=O) groups is 2. The SMILES string of the molecule is CNC(=O)c1ccc2c(c1)NC(=O)c1csc(n1)-c1ccnc(c1)NCCCCCO2. The number of amides is 2. The Morgan fingerprint density at radius 2 is 2.10 bits per heavy atom. The third-order valence-electron chi connectivity index (χ3n) is 4.85. The Kier molecular flexibility index (Phi) is 6.42. The van der Waals surface area contributed by atoms with Gasteiger partial charge in [-0.25, -0.2) is 9.97 Å². The Labute approximate surface area is 184 Å². The van der Waals surface area contributed by atoms with Crippen LogP contribution >= 0.6 is 11.3 Å². The number of benzene rings is 1. The topological polar surface area (TPSA) is 105 Å². The van der Waals surface area contributed by atoms with Crippen LogP contribution in [0.2, 0.25) is 0 Å². The summed E-state index contributed by atoms with van der Waals surface area (Å²) in [6, 6.07) is 8.81. The molecule has 0 aliphatic carbocycles. The van der Waals surface area contributed by atoms with Crippen LogP contribution in [0.15, 0.2) is 41.9 Å². The minimum Gasteiger partial charge on any atom is -0.491 e. The van der Waals surface area contributed by atoms with Crippen LogP contribution in [0.5, 0.6) is 5.75 Å². The van der Waals surface area contributed by atoms with Crippen LogP contribution in [-0.4, -0.2) is 42.0 Å². The second kappa shape index (κ2) is 9.57. The highest BCUT2D eigenvalue weighted by Crippen LogP contribution is 2.29. The molecule has 3 N–H and O–H groups in total. The van der Waals surface area contributed by atoms with Crippen molar-refractivity contribution in [2.45, 2.75) is 19.3 Å². The Morgan fingerprint density at radius 1 is 1.19 bits per heavy atom. The van der Waals surface area contributed by atoms with Gasteiger partial charge in [-0.15, -0.1) is 11.3 Å². The van der Waals surface area contributed by atoms with E-state index in [1.54, 1.807) is 36.8 Å². The Morgan fingerprint density at radius 3 is 2.97 bits per heavy atom. The number of fused-ring (bicyclic) bond motifs is 6. The zero-order chi connectivity index (χ0) is 21.6. The monoisotopic (exact) mass is 437 g/mol. The molecule has 0 saturated carbocycles. The average molecular weight is 438 g/mol. The van der Waals surface area contributed by atoms with Gasteiger partial charge in [0, 0.05) is 36.3 Å². The van der Waals surface area contributed by atoms with Crippen LogP contribution in [0.1, 0.15) is 40.1 Å². The molecule has 4 bridgehead atoms. The molecular weight excluding hydrogens is 414 g/mol. The van der Waals surface area contributed by atoms with Crippen molar-refractivity contribution >= 4 is 34.7 Å². The molecule has 0 radical (unpaired) electrons. The predicted octanol–water partition coefficient (Wildman–Crippen LogP) is 3.79. The number of carbonyl (C=O) groups excluding carboxylic acids is 2. The number of hydrogen-bond acceptors (Lipinski definition) is 7. The molecule has 4 rings (SSSR count). The van der Waals surface area contributed by atoms with Crippen LogP contribution in [0.25, 0.3) is 10.6 Å². The standard InChI is InChI=1S/C22H23N5O3S/c1-23-20(28)14-5-6-18-16(11-14)26-21(29)17-13-31-22(27-17)15-7-9-25-19(12-15)24-8-3-2-4-10-30-18/h5-7,9,11-13H,2-4,8,10H2,1H3,(H,23,28)(H,24,25)(H,26,29). The van der Waals surface area contributed by atoms with E-state index in [9.17, 15) is 9.59 Å². The summed E-state index contributed by atoms with van der Waals surface area (Å²) in [5.41, 5.74) is 2.08. The van der Waals surface area contributed by atoms with E-state index in [1.165, 1.54) is 11.3 Å². The summed E-state index contributed by atoms with van der Waals surface area (Å²) in [5, 5.41) is 11.2. The number of hydrogen-bond donors (Lipinski definition) is 3. The molecule has 1 aliphatic heterocycles. The highest BCUT2D eigenvalue weighted by Gasteiger charge is 2.17. The van der Waals surface area contributed by atoms with Crippen LogP contribution < -0.4 is 20.7 Å². The lowest BCUT2D eigenvalue weighted by Gasteiger charge is -2.13. The van der Waals surface area contributed by atoms with Gasteiger partial charge >= 0.3 is 0 Å². The number of nitrogens with one attached hydrogen (secondary N) is 3. The van der Waals surface area contributed by atoms with Crippen molar-refractivity contribution in [2.24, 2.45) is 0 Å². The lowest BCUT2D eigenvalue weighted by atomic mass is 10.1. The van der Waals surface area contributed by atoms with Gasteiger partial charge in [0.1, 0.15) is 22.3 Å². The molecule has 3 aromatic rings. The number of thiazole rings is 1. The van der Waals surface area contributed by atoms with Crippen LogP contribution in [0.3, 0.4) is 0 Å². The zero-order valence-electron chi connectivity index (χ0n) is 17.1. The molecule has 8 nitrogen and oxygen atoms in total. The molecule has 0 saturated heterocycles. The normalized spacial score (nSPS) is 14.3. The minimum atomic E-state index is -0.363. The molecule has 0 atom stereocenters. The molecule has 9 heteroatoms. The summed E-state index contributed by atoms with van der Waals surface area (Å²) in [5.74, 6) is 0.707. The lowest BCUT2D eigenvalue weighted by molar-refractivity contribution is 0.0961. The summed E-state index contributed by atoms with van der Waals surface area (Å²) in [4.78, 5) is 33.8. The van der Waals surface area contributed by atoms with Gasteiger partial charge in [0.25, 0.3) is 11.8 Å².